The maximum atomic E-state index is 12.8. The zero-order valence-electron chi connectivity index (χ0n) is 21.1. The predicted molar refractivity (Wildman–Crippen MR) is 144 cm³/mol. The molecule has 0 saturated carbocycles. The number of H-pyrrole nitrogens is 1. The molecule has 1 atom stereocenters. The molecule has 0 amide bonds. The van der Waals surface area contributed by atoms with Crippen molar-refractivity contribution in [2.24, 2.45) is 5.73 Å². The SMILES string of the molecule is CCCCOC(=O)c1cc(C(N)Cc2nc(-c3cccc4ccccc34)c[nH]2)ccc1OCCCC. The first-order valence-corrected chi connectivity index (χ1v) is 12.8. The summed E-state index contributed by atoms with van der Waals surface area (Å²) in [7, 11) is 0. The molecule has 6 nitrogen and oxygen atoms in total. The number of unbranched alkanes of at least 4 members (excludes halogenated alkanes) is 2. The Morgan fingerprint density at radius 2 is 1.78 bits per heavy atom. The number of carbonyl (C=O) groups is 1. The van der Waals surface area contributed by atoms with Crippen LogP contribution in [0.4, 0.5) is 0 Å². The van der Waals surface area contributed by atoms with E-state index < -0.39 is 0 Å². The maximum absolute atomic E-state index is 12.8. The Balaban J connectivity index is 1.52. The Morgan fingerprint density at radius 3 is 2.61 bits per heavy atom. The van der Waals surface area contributed by atoms with E-state index in [4.69, 9.17) is 20.2 Å². The van der Waals surface area contributed by atoms with Crippen LogP contribution in [0.15, 0.2) is 66.9 Å². The summed E-state index contributed by atoms with van der Waals surface area (Å²) in [6.07, 6.45) is 6.15. The molecule has 1 heterocycles. The van der Waals surface area contributed by atoms with Crippen LogP contribution in [0, 0.1) is 0 Å². The van der Waals surface area contributed by atoms with Gasteiger partial charge in [-0.3, -0.25) is 0 Å². The lowest BCUT2D eigenvalue weighted by Crippen LogP contribution is -2.16. The number of aromatic amines is 1. The normalized spacial score (nSPS) is 12.0. The van der Waals surface area contributed by atoms with Crippen LogP contribution in [0.3, 0.4) is 0 Å². The summed E-state index contributed by atoms with van der Waals surface area (Å²) in [4.78, 5) is 20.9. The molecule has 0 aliphatic carbocycles. The summed E-state index contributed by atoms with van der Waals surface area (Å²) in [5, 5.41) is 2.34. The van der Waals surface area contributed by atoms with E-state index in [9.17, 15) is 4.79 Å². The fourth-order valence-electron chi connectivity index (χ4n) is 4.16. The van der Waals surface area contributed by atoms with Crippen molar-refractivity contribution in [1.29, 1.82) is 0 Å². The molecule has 1 unspecified atom stereocenters. The molecular formula is C30H35N3O3. The number of benzene rings is 3. The second-order valence-corrected chi connectivity index (χ2v) is 9.02. The summed E-state index contributed by atoms with van der Waals surface area (Å²) in [6, 6.07) is 19.7. The Hall–Kier alpha value is -3.64. The van der Waals surface area contributed by atoms with E-state index in [-0.39, 0.29) is 12.0 Å². The molecule has 6 heteroatoms. The number of ether oxygens (including phenoxy) is 2. The lowest BCUT2D eigenvalue weighted by atomic mass is 10.0. The average molecular weight is 486 g/mol. The molecule has 0 fully saturated rings. The van der Waals surface area contributed by atoms with E-state index in [1.54, 1.807) is 6.07 Å². The number of carbonyl (C=O) groups excluding carboxylic acids is 1. The molecule has 4 rings (SSSR count). The van der Waals surface area contributed by atoms with Crippen LogP contribution in [0.2, 0.25) is 0 Å². The minimum Gasteiger partial charge on any atom is -0.493 e. The molecule has 36 heavy (non-hydrogen) atoms. The smallest absolute Gasteiger partial charge is 0.341 e. The number of nitrogens with two attached hydrogens (primary N) is 1. The van der Waals surface area contributed by atoms with Gasteiger partial charge in [-0.05, 0) is 41.3 Å². The monoisotopic (exact) mass is 485 g/mol. The highest BCUT2D eigenvalue weighted by atomic mass is 16.5. The molecule has 0 radical (unpaired) electrons. The minimum absolute atomic E-state index is 0.344. The number of hydrogen-bond donors (Lipinski definition) is 2. The highest BCUT2D eigenvalue weighted by Crippen LogP contribution is 2.29. The van der Waals surface area contributed by atoms with Gasteiger partial charge in [-0.25, -0.2) is 9.78 Å². The first kappa shape index (κ1) is 25.5. The van der Waals surface area contributed by atoms with Crippen LogP contribution in [0.1, 0.15) is 67.3 Å². The fourth-order valence-corrected chi connectivity index (χ4v) is 4.16. The number of esters is 1. The molecule has 0 spiro atoms. The van der Waals surface area contributed by atoms with E-state index in [1.165, 1.54) is 5.39 Å². The Morgan fingerprint density at radius 1 is 1.00 bits per heavy atom. The van der Waals surface area contributed by atoms with Gasteiger partial charge in [-0.1, -0.05) is 75.2 Å². The van der Waals surface area contributed by atoms with Crippen molar-refractivity contribution in [1.82, 2.24) is 9.97 Å². The van der Waals surface area contributed by atoms with Crippen LogP contribution < -0.4 is 10.5 Å². The van der Waals surface area contributed by atoms with Crippen LogP contribution in [-0.2, 0) is 11.2 Å². The highest BCUT2D eigenvalue weighted by Gasteiger charge is 2.19. The topological polar surface area (TPSA) is 90.2 Å². The molecule has 0 aliphatic rings. The zero-order valence-corrected chi connectivity index (χ0v) is 21.1. The summed E-state index contributed by atoms with van der Waals surface area (Å²) in [6.45, 7) is 5.11. The first-order chi connectivity index (χ1) is 17.6. The van der Waals surface area contributed by atoms with Gasteiger partial charge in [0.25, 0.3) is 0 Å². The molecule has 188 valence electrons. The van der Waals surface area contributed by atoms with Gasteiger partial charge in [-0.2, -0.15) is 0 Å². The van der Waals surface area contributed by atoms with E-state index in [0.717, 1.165) is 53.7 Å². The van der Waals surface area contributed by atoms with Gasteiger partial charge < -0.3 is 20.2 Å². The van der Waals surface area contributed by atoms with Gasteiger partial charge >= 0.3 is 5.97 Å². The Labute approximate surface area is 212 Å². The van der Waals surface area contributed by atoms with Crippen LogP contribution in [0.5, 0.6) is 5.75 Å². The van der Waals surface area contributed by atoms with Gasteiger partial charge in [0.05, 0.1) is 18.9 Å². The van der Waals surface area contributed by atoms with Crippen LogP contribution >= 0.6 is 0 Å². The van der Waals surface area contributed by atoms with E-state index >= 15 is 0 Å². The molecule has 1 aromatic heterocycles. The van der Waals surface area contributed by atoms with Gasteiger partial charge in [0, 0.05) is 24.2 Å². The first-order valence-electron chi connectivity index (χ1n) is 12.8. The van der Waals surface area contributed by atoms with E-state index in [1.807, 2.05) is 36.5 Å². The highest BCUT2D eigenvalue weighted by molar-refractivity contribution is 5.95. The summed E-state index contributed by atoms with van der Waals surface area (Å²) in [5.74, 6) is 0.957. The quantitative estimate of drug-likeness (QED) is 0.174. The number of rotatable bonds is 12. The fraction of sp³-hybridized carbons (Fsp3) is 0.333. The van der Waals surface area contributed by atoms with Crippen LogP contribution in [0.25, 0.3) is 22.0 Å². The summed E-state index contributed by atoms with van der Waals surface area (Å²) < 4.78 is 11.4. The molecule has 0 aliphatic heterocycles. The molecule has 3 N–H and O–H groups in total. The van der Waals surface area contributed by atoms with Crippen LogP contribution in [-0.4, -0.2) is 29.2 Å². The van der Waals surface area contributed by atoms with Gasteiger partial charge in [0.1, 0.15) is 17.1 Å². The van der Waals surface area contributed by atoms with E-state index in [2.05, 4.69) is 43.1 Å². The number of hydrogen-bond acceptors (Lipinski definition) is 5. The van der Waals surface area contributed by atoms with Gasteiger partial charge in [0.2, 0.25) is 0 Å². The molecule has 0 saturated heterocycles. The largest absolute Gasteiger partial charge is 0.493 e. The lowest BCUT2D eigenvalue weighted by molar-refractivity contribution is 0.0495. The molecule has 3 aromatic carbocycles. The zero-order chi connectivity index (χ0) is 25.3. The van der Waals surface area contributed by atoms with Crippen molar-refractivity contribution in [2.75, 3.05) is 13.2 Å². The molecule has 4 aromatic rings. The summed E-state index contributed by atoms with van der Waals surface area (Å²) >= 11 is 0. The minimum atomic E-state index is -0.375. The van der Waals surface area contributed by atoms with Crippen molar-refractivity contribution in [2.45, 2.75) is 52.0 Å². The van der Waals surface area contributed by atoms with E-state index in [0.29, 0.717) is 30.9 Å². The molecular weight excluding hydrogens is 450 g/mol. The van der Waals surface area contributed by atoms with Crippen molar-refractivity contribution >= 4 is 16.7 Å². The van der Waals surface area contributed by atoms with Crippen molar-refractivity contribution in [3.05, 3.63) is 83.8 Å². The van der Waals surface area contributed by atoms with Crippen molar-refractivity contribution in [3.8, 4) is 17.0 Å². The number of aromatic nitrogens is 2. The number of imidazole rings is 1. The predicted octanol–water partition coefficient (Wildman–Crippen LogP) is 6.61. The second kappa shape index (κ2) is 12.4. The lowest BCUT2D eigenvalue weighted by Gasteiger charge is -2.16. The third-order valence-electron chi connectivity index (χ3n) is 6.25. The Bertz CT molecular complexity index is 1290. The maximum Gasteiger partial charge on any atom is 0.341 e. The number of fused-ring (bicyclic) bond motifs is 1. The molecule has 0 bridgehead atoms. The van der Waals surface area contributed by atoms with Crippen molar-refractivity contribution < 1.29 is 14.3 Å². The third kappa shape index (κ3) is 6.13. The Kier molecular flexibility index (Phi) is 8.74. The standard InChI is InChI=1S/C30H35N3O3/c1-3-5-16-35-28-15-14-22(18-25(28)30(34)36-17-6-4-2)26(31)19-29-32-20-27(33-29)24-13-9-11-21-10-7-8-12-23(21)24/h7-15,18,20,26H,3-6,16-17,19,31H2,1-2H3,(H,32,33). The average Bonchev–Trinajstić information content (AvgIpc) is 3.36. The third-order valence-corrected chi connectivity index (χ3v) is 6.25. The van der Waals surface area contributed by atoms with Crippen molar-refractivity contribution in [3.63, 3.8) is 0 Å². The van der Waals surface area contributed by atoms with Gasteiger partial charge in [-0.15, -0.1) is 0 Å². The number of nitrogens with one attached hydrogen (secondary N) is 1. The summed E-state index contributed by atoms with van der Waals surface area (Å²) in [5.41, 5.74) is 9.80. The second-order valence-electron chi connectivity index (χ2n) is 9.02. The van der Waals surface area contributed by atoms with Gasteiger partial charge in [0.15, 0.2) is 0 Å². The number of nitrogens with zero attached hydrogens (tertiary/aromatic N) is 1.